The predicted molar refractivity (Wildman–Crippen MR) is 110 cm³/mol. The molecule has 0 fully saturated rings. The molecule has 1 heterocycles. The van der Waals surface area contributed by atoms with E-state index in [4.69, 9.17) is 0 Å². The van der Waals surface area contributed by atoms with E-state index in [0.29, 0.717) is 5.69 Å². The van der Waals surface area contributed by atoms with Crippen molar-refractivity contribution in [3.8, 4) is 0 Å². The number of hydrogen-bond donors (Lipinski definition) is 3. The van der Waals surface area contributed by atoms with Crippen LogP contribution in [0.5, 0.6) is 0 Å². The summed E-state index contributed by atoms with van der Waals surface area (Å²) in [6, 6.07) is 17.1. The molecule has 0 saturated heterocycles. The quantitative estimate of drug-likeness (QED) is 0.587. The summed E-state index contributed by atoms with van der Waals surface area (Å²) in [5.41, 5.74) is 3.35. The zero-order valence-electron chi connectivity index (χ0n) is 15.4. The number of hydrogen-bond acceptors (Lipinski definition) is 5. The minimum atomic E-state index is -3.78. The van der Waals surface area contributed by atoms with Crippen molar-refractivity contribution >= 4 is 38.8 Å². The molecule has 3 rings (SSSR count). The number of amides is 1. The molecule has 144 valence electrons. The van der Waals surface area contributed by atoms with Crippen molar-refractivity contribution in [2.45, 2.75) is 18.7 Å². The Labute approximate surface area is 163 Å². The Morgan fingerprint density at radius 2 is 1.46 bits per heavy atom. The van der Waals surface area contributed by atoms with E-state index in [1.165, 1.54) is 36.8 Å². The zero-order valence-corrected chi connectivity index (χ0v) is 16.2. The topological polar surface area (TPSA) is 100 Å². The van der Waals surface area contributed by atoms with Crippen LogP contribution >= 0.6 is 0 Å². The molecular formula is C20H20N4O3S. The van der Waals surface area contributed by atoms with Gasteiger partial charge in [0.25, 0.3) is 10.0 Å². The van der Waals surface area contributed by atoms with Crippen LogP contribution < -0.4 is 15.4 Å². The van der Waals surface area contributed by atoms with Gasteiger partial charge in [0.15, 0.2) is 0 Å². The molecular weight excluding hydrogens is 376 g/mol. The molecule has 0 atom stereocenters. The van der Waals surface area contributed by atoms with Gasteiger partial charge in [-0.2, -0.15) is 0 Å². The molecule has 1 aromatic heterocycles. The molecule has 0 aliphatic heterocycles. The summed E-state index contributed by atoms with van der Waals surface area (Å²) in [5, 5.41) is 5.79. The van der Waals surface area contributed by atoms with Crippen LogP contribution in [0.25, 0.3) is 0 Å². The molecule has 0 bridgehead atoms. The van der Waals surface area contributed by atoms with Crippen molar-refractivity contribution < 1.29 is 13.2 Å². The Kier molecular flexibility index (Phi) is 5.60. The number of sulfonamides is 1. The number of carbonyl (C=O) groups is 1. The summed E-state index contributed by atoms with van der Waals surface area (Å²) < 4.78 is 27.4. The van der Waals surface area contributed by atoms with Crippen LogP contribution in [0.15, 0.2) is 71.8 Å². The van der Waals surface area contributed by atoms with Gasteiger partial charge in [-0.25, -0.2) is 13.4 Å². The van der Waals surface area contributed by atoms with E-state index < -0.39 is 10.0 Å². The van der Waals surface area contributed by atoms with Crippen molar-refractivity contribution in [2.24, 2.45) is 0 Å². The van der Waals surface area contributed by atoms with Gasteiger partial charge in [-0.05, 0) is 55.5 Å². The molecule has 2 aromatic carbocycles. The summed E-state index contributed by atoms with van der Waals surface area (Å²) in [6.07, 6.45) is 1.55. The second-order valence-corrected chi connectivity index (χ2v) is 7.92. The highest BCUT2D eigenvalue weighted by molar-refractivity contribution is 7.92. The number of aromatic nitrogens is 1. The lowest BCUT2D eigenvalue weighted by Gasteiger charge is -2.10. The van der Waals surface area contributed by atoms with Gasteiger partial charge in [0.1, 0.15) is 5.82 Å². The highest BCUT2D eigenvalue weighted by Crippen LogP contribution is 2.20. The van der Waals surface area contributed by atoms with Crippen LogP contribution in [0.2, 0.25) is 0 Å². The third-order valence-corrected chi connectivity index (χ3v) is 5.20. The fourth-order valence-electron chi connectivity index (χ4n) is 2.45. The molecule has 8 heteroatoms. The Hall–Kier alpha value is -3.39. The van der Waals surface area contributed by atoms with Crippen molar-refractivity contribution in [2.75, 3.05) is 15.4 Å². The fourth-order valence-corrected chi connectivity index (χ4v) is 3.46. The maximum absolute atomic E-state index is 12.5. The van der Waals surface area contributed by atoms with Gasteiger partial charge in [-0.1, -0.05) is 17.7 Å². The minimum Gasteiger partial charge on any atom is -0.354 e. The van der Waals surface area contributed by atoms with Gasteiger partial charge in [0, 0.05) is 18.3 Å². The summed E-state index contributed by atoms with van der Waals surface area (Å²) >= 11 is 0. The third-order valence-electron chi connectivity index (χ3n) is 3.83. The zero-order chi connectivity index (χ0) is 20.1. The first kappa shape index (κ1) is 19.4. The van der Waals surface area contributed by atoms with E-state index >= 15 is 0 Å². The highest BCUT2D eigenvalue weighted by Gasteiger charge is 2.15. The Balaban J connectivity index is 1.68. The largest absolute Gasteiger partial charge is 0.354 e. The molecule has 3 N–H and O–H groups in total. The van der Waals surface area contributed by atoms with Crippen LogP contribution in [-0.2, 0) is 14.8 Å². The number of benzene rings is 2. The van der Waals surface area contributed by atoms with Gasteiger partial charge in [-0.3, -0.25) is 9.52 Å². The lowest BCUT2D eigenvalue weighted by molar-refractivity contribution is -0.114. The number of nitrogens with one attached hydrogen (secondary N) is 3. The fraction of sp³-hybridized carbons (Fsp3) is 0.100. The number of anilines is 4. The normalized spacial score (nSPS) is 10.9. The summed E-state index contributed by atoms with van der Waals surface area (Å²) in [5.74, 6) is -0.0161. The summed E-state index contributed by atoms with van der Waals surface area (Å²) in [6.45, 7) is 3.40. The van der Waals surface area contributed by atoms with Crippen molar-refractivity contribution in [1.29, 1.82) is 0 Å². The van der Waals surface area contributed by atoms with Crippen LogP contribution in [0.1, 0.15) is 12.5 Å². The second-order valence-electron chi connectivity index (χ2n) is 6.23. The molecule has 0 aliphatic rings. The Morgan fingerprint density at radius 3 is 2.04 bits per heavy atom. The van der Waals surface area contributed by atoms with Crippen molar-refractivity contribution in [3.05, 3.63) is 72.4 Å². The summed E-state index contributed by atoms with van der Waals surface area (Å²) in [4.78, 5) is 15.3. The van der Waals surface area contributed by atoms with Crippen molar-refractivity contribution in [3.63, 3.8) is 0 Å². The third kappa shape index (κ3) is 5.08. The monoisotopic (exact) mass is 396 g/mol. The van der Waals surface area contributed by atoms with E-state index in [2.05, 4.69) is 20.3 Å². The van der Waals surface area contributed by atoms with E-state index in [0.717, 1.165) is 11.4 Å². The Morgan fingerprint density at radius 1 is 0.857 bits per heavy atom. The van der Waals surface area contributed by atoms with Gasteiger partial charge < -0.3 is 10.6 Å². The van der Waals surface area contributed by atoms with Crippen molar-refractivity contribution in [1.82, 2.24) is 4.98 Å². The maximum atomic E-state index is 12.5. The summed E-state index contributed by atoms with van der Waals surface area (Å²) in [7, 11) is -3.78. The number of rotatable bonds is 6. The number of carbonyl (C=O) groups excluding carboxylic acids is 1. The van der Waals surface area contributed by atoms with Gasteiger partial charge in [0.2, 0.25) is 5.91 Å². The molecule has 28 heavy (non-hydrogen) atoms. The predicted octanol–water partition coefficient (Wildman–Crippen LogP) is 3.89. The minimum absolute atomic E-state index is 0.0743. The van der Waals surface area contributed by atoms with Crippen LogP contribution in [0.4, 0.5) is 22.9 Å². The highest BCUT2D eigenvalue weighted by atomic mass is 32.2. The smallest absolute Gasteiger partial charge is 0.263 e. The standard InChI is InChI=1S/C20H20N4O3S/c1-14-3-5-17(6-4-14)23-18-9-12-20(21-13-18)24-28(26,27)19-10-7-16(8-11-19)22-15(2)25/h3-13,23H,1-2H3,(H,21,24)(H,22,25). The molecule has 0 radical (unpaired) electrons. The Bertz CT molecular complexity index is 1060. The SMILES string of the molecule is CC(=O)Nc1ccc(S(=O)(=O)Nc2ccc(Nc3ccc(C)cc3)cn2)cc1. The maximum Gasteiger partial charge on any atom is 0.263 e. The first-order valence-corrected chi connectivity index (χ1v) is 10.0. The number of pyridine rings is 1. The lowest BCUT2D eigenvalue weighted by Crippen LogP contribution is -2.14. The van der Waals surface area contributed by atoms with Gasteiger partial charge in [-0.15, -0.1) is 0 Å². The molecule has 0 spiro atoms. The second kappa shape index (κ2) is 8.10. The number of aryl methyl sites for hydroxylation is 1. The molecule has 1 amide bonds. The van der Waals surface area contributed by atoms with E-state index in [-0.39, 0.29) is 16.6 Å². The van der Waals surface area contributed by atoms with E-state index in [1.54, 1.807) is 18.3 Å². The molecule has 7 nitrogen and oxygen atoms in total. The first-order chi connectivity index (χ1) is 13.3. The lowest BCUT2D eigenvalue weighted by atomic mass is 10.2. The van der Waals surface area contributed by atoms with Crippen LogP contribution in [0.3, 0.4) is 0 Å². The first-order valence-electron chi connectivity index (χ1n) is 8.52. The molecule has 0 unspecified atom stereocenters. The average molecular weight is 396 g/mol. The molecule has 0 saturated carbocycles. The number of nitrogens with zero attached hydrogens (tertiary/aromatic N) is 1. The van der Waals surface area contributed by atoms with E-state index in [9.17, 15) is 13.2 Å². The van der Waals surface area contributed by atoms with Gasteiger partial charge in [0.05, 0.1) is 16.8 Å². The van der Waals surface area contributed by atoms with Gasteiger partial charge >= 0.3 is 0 Å². The average Bonchev–Trinajstić information content (AvgIpc) is 2.65. The van der Waals surface area contributed by atoms with Crippen LogP contribution in [0, 0.1) is 6.92 Å². The van der Waals surface area contributed by atoms with Crippen LogP contribution in [-0.4, -0.2) is 19.3 Å². The van der Waals surface area contributed by atoms with E-state index in [1.807, 2.05) is 31.2 Å². The molecule has 3 aromatic rings. The molecule has 0 aliphatic carbocycles.